The number of fused-ring (bicyclic) bond motifs is 1. The Hall–Kier alpha value is -1.79. The van der Waals surface area contributed by atoms with Crippen molar-refractivity contribution in [3.8, 4) is 11.5 Å². The van der Waals surface area contributed by atoms with E-state index in [-0.39, 0.29) is 18.6 Å². The standard InChI is InChI=1S/C17H26N2O4/c1-11(2)16(18)14(21)9-23-17-13-6-7-19(10-20)8-12(13)4-5-15(17)22-3/h4-5,10-11,14,16,21H,6-9,18H2,1-3H3. The molecule has 0 radical (unpaired) electrons. The Kier molecular flexibility index (Phi) is 5.85. The van der Waals surface area contributed by atoms with E-state index in [0.717, 1.165) is 17.5 Å². The van der Waals surface area contributed by atoms with Crippen molar-refractivity contribution in [1.82, 2.24) is 4.90 Å². The van der Waals surface area contributed by atoms with Gasteiger partial charge in [-0.15, -0.1) is 0 Å². The number of rotatable bonds is 7. The summed E-state index contributed by atoms with van der Waals surface area (Å²) in [6.45, 7) is 5.25. The third kappa shape index (κ3) is 3.95. The summed E-state index contributed by atoms with van der Waals surface area (Å²) in [5.74, 6) is 1.44. The van der Waals surface area contributed by atoms with Gasteiger partial charge in [0.25, 0.3) is 0 Å². The largest absolute Gasteiger partial charge is 0.493 e. The summed E-state index contributed by atoms with van der Waals surface area (Å²) in [6, 6.07) is 3.44. The second-order valence-electron chi connectivity index (χ2n) is 6.26. The average molecular weight is 322 g/mol. The number of nitrogens with two attached hydrogens (primary N) is 1. The molecule has 0 aliphatic carbocycles. The molecule has 2 rings (SSSR count). The molecule has 3 N–H and O–H groups in total. The topological polar surface area (TPSA) is 85.0 Å². The van der Waals surface area contributed by atoms with Crippen LogP contribution in [0.15, 0.2) is 12.1 Å². The van der Waals surface area contributed by atoms with Crippen LogP contribution in [0.3, 0.4) is 0 Å². The van der Waals surface area contributed by atoms with Gasteiger partial charge in [0.1, 0.15) is 12.7 Å². The fraction of sp³-hybridized carbons (Fsp3) is 0.588. The van der Waals surface area contributed by atoms with E-state index in [4.69, 9.17) is 15.2 Å². The van der Waals surface area contributed by atoms with Crippen molar-refractivity contribution in [2.75, 3.05) is 20.3 Å². The van der Waals surface area contributed by atoms with E-state index in [1.54, 1.807) is 12.0 Å². The minimum Gasteiger partial charge on any atom is -0.493 e. The highest BCUT2D eigenvalue weighted by Gasteiger charge is 2.24. The molecule has 1 heterocycles. The Bertz CT molecular complexity index is 548. The Morgan fingerprint density at radius 2 is 2.17 bits per heavy atom. The molecule has 1 aliphatic heterocycles. The fourth-order valence-corrected chi connectivity index (χ4v) is 2.76. The third-order valence-corrected chi connectivity index (χ3v) is 4.33. The summed E-state index contributed by atoms with van der Waals surface area (Å²) in [5, 5.41) is 10.2. The van der Waals surface area contributed by atoms with Crippen LogP contribution in [0, 0.1) is 5.92 Å². The lowest BCUT2D eigenvalue weighted by Gasteiger charge is -2.29. The second kappa shape index (κ2) is 7.66. The molecular formula is C17H26N2O4. The number of carbonyl (C=O) groups is 1. The van der Waals surface area contributed by atoms with E-state index in [9.17, 15) is 9.90 Å². The van der Waals surface area contributed by atoms with Crippen LogP contribution in [0.2, 0.25) is 0 Å². The van der Waals surface area contributed by atoms with Crippen LogP contribution in [-0.2, 0) is 17.8 Å². The first kappa shape index (κ1) is 17.6. The SMILES string of the molecule is COc1ccc2c(c1OCC(O)C(N)C(C)C)CCN(C=O)C2. The summed E-state index contributed by atoms with van der Waals surface area (Å²) < 4.78 is 11.3. The number of ether oxygens (including phenoxy) is 2. The number of hydrogen-bond acceptors (Lipinski definition) is 5. The van der Waals surface area contributed by atoms with Crippen molar-refractivity contribution in [1.29, 1.82) is 0 Å². The van der Waals surface area contributed by atoms with E-state index in [0.29, 0.717) is 31.0 Å². The van der Waals surface area contributed by atoms with Crippen LogP contribution in [0.5, 0.6) is 11.5 Å². The number of aliphatic hydroxyl groups is 1. The lowest BCUT2D eigenvalue weighted by molar-refractivity contribution is -0.118. The summed E-state index contributed by atoms with van der Waals surface area (Å²) in [4.78, 5) is 12.7. The van der Waals surface area contributed by atoms with Crippen LogP contribution < -0.4 is 15.2 Å². The van der Waals surface area contributed by atoms with E-state index >= 15 is 0 Å². The predicted molar refractivity (Wildman–Crippen MR) is 87.5 cm³/mol. The molecule has 2 atom stereocenters. The molecule has 1 aromatic carbocycles. The lowest BCUT2D eigenvalue weighted by Crippen LogP contribution is -2.42. The summed E-state index contributed by atoms with van der Waals surface area (Å²) in [5.41, 5.74) is 8.04. The van der Waals surface area contributed by atoms with E-state index in [1.807, 2.05) is 26.0 Å². The second-order valence-corrected chi connectivity index (χ2v) is 6.26. The Labute approximate surface area is 137 Å². The van der Waals surface area contributed by atoms with Crippen molar-refractivity contribution in [2.45, 2.75) is 39.0 Å². The van der Waals surface area contributed by atoms with Gasteiger partial charge >= 0.3 is 0 Å². The first-order chi connectivity index (χ1) is 11.0. The first-order valence-corrected chi connectivity index (χ1v) is 7.92. The van der Waals surface area contributed by atoms with E-state index in [1.165, 1.54) is 0 Å². The number of benzene rings is 1. The number of hydrogen-bond donors (Lipinski definition) is 2. The zero-order valence-corrected chi connectivity index (χ0v) is 14.0. The van der Waals surface area contributed by atoms with Gasteiger partial charge in [0, 0.05) is 24.7 Å². The van der Waals surface area contributed by atoms with Gasteiger partial charge < -0.3 is 25.2 Å². The number of carbonyl (C=O) groups excluding carboxylic acids is 1. The van der Waals surface area contributed by atoms with Crippen molar-refractivity contribution >= 4 is 6.41 Å². The summed E-state index contributed by atoms with van der Waals surface area (Å²) in [7, 11) is 1.59. The molecule has 0 bridgehead atoms. The third-order valence-electron chi connectivity index (χ3n) is 4.33. The molecule has 1 aliphatic rings. The van der Waals surface area contributed by atoms with Crippen LogP contribution in [-0.4, -0.2) is 48.8 Å². The molecule has 23 heavy (non-hydrogen) atoms. The predicted octanol–water partition coefficient (Wildman–Crippen LogP) is 0.933. The molecule has 0 aromatic heterocycles. The monoisotopic (exact) mass is 322 g/mol. The quantitative estimate of drug-likeness (QED) is 0.730. The lowest BCUT2D eigenvalue weighted by atomic mass is 9.98. The van der Waals surface area contributed by atoms with E-state index < -0.39 is 6.10 Å². The van der Waals surface area contributed by atoms with Crippen LogP contribution in [0.1, 0.15) is 25.0 Å². The Morgan fingerprint density at radius 3 is 2.78 bits per heavy atom. The van der Waals surface area contributed by atoms with Gasteiger partial charge in [0.15, 0.2) is 11.5 Å². The molecule has 2 unspecified atom stereocenters. The van der Waals surface area contributed by atoms with Gasteiger partial charge in [-0.3, -0.25) is 4.79 Å². The minimum absolute atomic E-state index is 0.115. The maximum Gasteiger partial charge on any atom is 0.210 e. The number of methoxy groups -OCH3 is 1. The highest BCUT2D eigenvalue weighted by atomic mass is 16.5. The molecule has 1 aromatic rings. The van der Waals surface area contributed by atoms with Gasteiger partial charge in [-0.05, 0) is 24.0 Å². The highest BCUT2D eigenvalue weighted by molar-refractivity contribution is 5.55. The van der Waals surface area contributed by atoms with Crippen LogP contribution in [0.25, 0.3) is 0 Å². The van der Waals surface area contributed by atoms with Crippen molar-refractivity contribution in [2.24, 2.45) is 11.7 Å². The van der Waals surface area contributed by atoms with Crippen LogP contribution in [0.4, 0.5) is 0 Å². The van der Waals surface area contributed by atoms with E-state index in [2.05, 4.69) is 0 Å². The molecule has 0 saturated heterocycles. The zero-order valence-electron chi connectivity index (χ0n) is 14.0. The molecule has 0 saturated carbocycles. The van der Waals surface area contributed by atoms with Crippen LogP contribution >= 0.6 is 0 Å². The Balaban J connectivity index is 2.18. The zero-order chi connectivity index (χ0) is 17.0. The normalized spacial score (nSPS) is 16.7. The summed E-state index contributed by atoms with van der Waals surface area (Å²) >= 11 is 0. The van der Waals surface area contributed by atoms with Gasteiger partial charge in [0.2, 0.25) is 6.41 Å². The highest BCUT2D eigenvalue weighted by Crippen LogP contribution is 2.36. The average Bonchev–Trinajstić information content (AvgIpc) is 2.57. The maximum atomic E-state index is 11.0. The molecule has 6 nitrogen and oxygen atoms in total. The molecule has 0 fully saturated rings. The van der Waals surface area contributed by atoms with Gasteiger partial charge in [-0.1, -0.05) is 19.9 Å². The number of amides is 1. The minimum atomic E-state index is -0.745. The summed E-state index contributed by atoms with van der Waals surface area (Å²) in [6.07, 6.45) is 0.817. The van der Waals surface area contributed by atoms with Gasteiger partial charge in [-0.25, -0.2) is 0 Å². The van der Waals surface area contributed by atoms with Crippen molar-refractivity contribution < 1.29 is 19.4 Å². The number of aliphatic hydroxyl groups excluding tert-OH is 1. The van der Waals surface area contributed by atoms with Gasteiger partial charge in [-0.2, -0.15) is 0 Å². The molecule has 128 valence electrons. The molecule has 0 spiro atoms. The number of nitrogens with zero attached hydrogens (tertiary/aromatic N) is 1. The van der Waals surface area contributed by atoms with Crippen molar-refractivity contribution in [3.63, 3.8) is 0 Å². The Morgan fingerprint density at radius 1 is 1.43 bits per heavy atom. The fourth-order valence-electron chi connectivity index (χ4n) is 2.76. The van der Waals surface area contributed by atoms with Gasteiger partial charge in [0.05, 0.1) is 7.11 Å². The molecular weight excluding hydrogens is 296 g/mol. The smallest absolute Gasteiger partial charge is 0.210 e. The van der Waals surface area contributed by atoms with Crippen molar-refractivity contribution in [3.05, 3.63) is 23.3 Å². The first-order valence-electron chi connectivity index (χ1n) is 7.92. The molecule has 1 amide bonds. The maximum absolute atomic E-state index is 11.0. The molecule has 6 heteroatoms.